The molecule has 0 aromatic carbocycles. The number of hydrogen-bond donors (Lipinski definition) is 0. The Morgan fingerprint density at radius 1 is 1.36 bits per heavy atom. The summed E-state index contributed by atoms with van der Waals surface area (Å²) >= 11 is 0. The highest BCUT2D eigenvalue weighted by atomic mass is 16.5. The zero-order valence-corrected chi connectivity index (χ0v) is 15.4. The lowest BCUT2D eigenvalue weighted by Crippen LogP contribution is -2.45. The highest BCUT2D eigenvalue weighted by Gasteiger charge is 2.33. The van der Waals surface area contributed by atoms with E-state index in [9.17, 15) is 4.79 Å². The maximum atomic E-state index is 12.7. The van der Waals surface area contributed by atoms with Gasteiger partial charge in [-0.25, -0.2) is 0 Å². The summed E-state index contributed by atoms with van der Waals surface area (Å²) in [4.78, 5) is 14.5. The van der Waals surface area contributed by atoms with Gasteiger partial charge in [0.15, 0.2) is 0 Å². The van der Waals surface area contributed by atoms with Crippen LogP contribution in [0, 0.1) is 5.92 Å². The molecule has 25 heavy (non-hydrogen) atoms. The topological polar surface area (TPSA) is 77.7 Å². The van der Waals surface area contributed by atoms with Gasteiger partial charge in [-0.3, -0.25) is 4.79 Å². The van der Waals surface area contributed by atoms with Crippen LogP contribution in [0.1, 0.15) is 70.2 Å². The van der Waals surface area contributed by atoms with Crippen LogP contribution in [0.2, 0.25) is 0 Å². The van der Waals surface area contributed by atoms with E-state index in [1.807, 2.05) is 13.8 Å². The van der Waals surface area contributed by atoms with E-state index in [-0.39, 0.29) is 30.6 Å². The number of hydrogen-bond acceptors (Lipinski definition) is 6. The van der Waals surface area contributed by atoms with Crippen LogP contribution in [-0.2, 0) is 14.3 Å². The molecule has 1 aromatic rings. The van der Waals surface area contributed by atoms with E-state index in [1.54, 1.807) is 4.90 Å². The molecule has 1 aromatic heterocycles. The Morgan fingerprint density at radius 3 is 2.92 bits per heavy atom. The summed E-state index contributed by atoms with van der Waals surface area (Å²) in [5.41, 5.74) is 0. The van der Waals surface area contributed by atoms with Crippen LogP contribution in [-0.4, -0.2) is 53.5 Å². The number of morpholine rings is 1. The monoisotopic (exact) mass is 351 g/mol. The number of carbonyl (C=O) groups is 1. The van der Waals surface area contributed by atoms with E-state index < -0.39 is 0 Å². The average molecular weight is 351 g/mol. The number of ether oxygens (including phenoxy) is 2. The SMILES string of the molecule is CC(C)c1nnc([C@@H]2COCCN2C(=O)CO[C@@H]2CCC[C@@H](C)C2)o1. The van der Waals surface area contributed by atoms with Crippen molar-refractivity contribution < 1.29 is 18.7 Å². The van der Waals surface area contributed by atoms with Crippen molar-refractivity contribution in [2.75, 3.05) is 26.4 Å². The molecular weight excluding hydrogens is 322 g/mol. The number of carbonyl (C=O) groups excluding carboxylic acids is 1. The summed E-state index contributed by atoms with van der Waals surface area (Å²) in [5, 5.41) is 8.19. The van der Waals surface area contributed by atoms with Crippen molar-refractivity contribution in [3.8, 4) is 0 Å². The summed E-state index contributed by atoms with van der Waals surface area (Å²) < 4.78 is 17.2. The zero-order valence-electron chi connectivity index (χ0n) is 15.4. The summed E-state index contributed by atoms with van der Waals surface area (Å²) in [7, 11) is 0. The largest absolute Gasteiger partial charge is 0.423 e. The van der Waals surface area contributed by atoms with Crippen molar-refractivity contribution in [2.45, 2.75) is 64.5 Å². The lowest BCUT2D eigenvalue weighted by atomic mass is 9.89. The molecule has 3 rings (SSSR count). The second-order valence-corrected chi connectivity index (χ2v) is 7.52. The fourth-order valence-corrected chi connectivity index (χ4v) is 3.52. The van der Waals surface area contributed by atoms with Gasteiger partial charge in [0, 0.05) is 12.5 Å². The van der Waals surface area contributed by atoms with Crippen LogP contribution >= 0.6 is 0 Å². The molecule has 3 atom stereocenters. The smallest absolute Gasteiger partial charge is 0.249 e. The Kier molecular flexibility index (Phi) is 6.06. The molecule has 140 valence electrons. The second kappa shape index (κ2) is 8.27. The molecule has 1 saturated carbocycles. The van der Waals surface area contributed by atoms with Crippen LogP contribution in [0.25, 0.3) is 0 Å². The molecule has 2 aliphatic rings. The average Bonchev–Trinajstić information content (AvgIpc) is 3.10. The van der Waals surface area contributed by atoms with E-state index in [2.05, 4.69) is 17.1 Å². The predicted octanol–water partition coefficient (Wildman–Crippen LogP) is 2.69. The van der Waals surface area contributed by atoms with Gasteiger partial charge in [0.2, 0.25) is 17.7 Å². The van der Waals surface area contributed by atoms with Crippen LogP contribution in [0.3, 0.4) is 0 Å². The first-order valence-electron chi connectivity index (χ1n) is 9.36. The molecule has 1 aliphatic heterocycles. The molecule has 0 bridgehead atoms. The van der Waals surface area contributed by atoms with Crippen LogP contribution in [0.15, 0.2) is 4.42 Å². The molecule has 0 unspecified atom stereocenters. The summed E-state index contributed by atoms with van der Waals surface area (Å²) in [6.07, 6.45) is 4.73. The molecule has 1 saturated heterocycles. The van der Waals surface area contributed by atoms with E-state index in [4.69, 9.17) is 13.9 Å². The Labute approximate surface area is 149 Å². The minimum Gasteiger partial charge on any atom is -0.423 e. The van der Waals surface area contributed by atoms with Crippen LogP contribution in [0.4, 0.5) is 0 Å². The summed E-state index contributed by atoms with van der Waals surface area (Å²) in [6.45, 7) is 7.77. The Morgan fingerprint density at radius 2 is 2.20 bits per heavy atom. The fraction of sp³-hybridized carbons (Fsp3) is 0.833. The molecule has 7 nitrogen and oxygen atoms in total. The van der Waals surface area contributed by atoms with Crippen molar-refractivity contribution in [3.63, 3.8) is 0 Å². The molecule has 2 fully saturated rings. The minimum atomic E-state index is -0.324. The first kappa shape index (κ1) is 18.3. The Balaban J connectivity index is 1.60. The minimum absolute atomic E-state index is 0.0316. The standard InChI is InChI=1S/C18H29N3O4/c1-12(2)17-19-20-18(25-17)15-10-23-8-7-21(15)16(22)11-24-14-6-4-5-13(3)9-14/h12-15H,4-11H2,1-3H3/t13-,14-,15+/m1/s1. The first-order valence-corrected chi connectivity index (χ1v) is 9.36. The van der Waals surface area contributed by atoms with E-state index in [1.165, 1.54) is 12.8 Å². The maximum Gasteiger partial charge on any atom is 0.249 e. The van der Waals surface area contributed by atoms with Gasteiger partial charge < -0.3 is 18.8 Å². The van der Waals surface area contributed by atoms with E-state index in [0.717, 1.165) is 12.8 Å². The molecule has 1 aliphatic carbocycles. The van der Waals surface area contributed by atoms with Crippen molar-refractivity contribution in [2.24, 2.45) is 5.92 Å². The highest BCUT2D eigenvalue weighted by Crippen LogP contribution is 2.27. The molecule has 7 heteroatoms. The lowest BCUT2D eigenvalue weighted by molar-refractivity contribution is -0.149. The van der Waals surface area contributed by atoms with Crippen molar-refractivity contribution in [1.82, 2.24) is 15.1 Å². The van der Waals surface area contributed by atoms with Crippen molar-refractivity contribution in [1.29, 1.82) is 0 Å². The number of rotatable bonds is 5. The zero-order chi connectivity index (χ0) is 17.8. The predicted molar refractivity (Wildman–Crippen MR) is 91.0 cm³/mol. The fourth-order valence-electron chi connectivity index (χ4n) is 3.52. The molecule has 0 radical (unpaired) electrons. The van der Waals surface area contributed by atoms with Gasteiger partial charge in [0.25, 0.3) is 0 Å². The molecule has 2 heterocycles. The molecular formula is C18H29N3O4. The summed E-state index contributed by atoms with van der Waals surface area (Å²) in [5.74, 6) is 1.84. The van der Waals surface area contributed by atoms with Gasteiger partial charge in [-0.05, 0) is 18.8 Å². The highest BCUT2D eigenvalue weighted by molar-refractivity contribution is 5.78. The third-order valence-electron chi connectivity index (χ3n) is 5.01. The van der Waals surface area contributed by atoms with Gasteiger partial charge in [0.05, 0.1) is 19.3 Å². The second-order valence-electron chi connectivity index (χ2n) is 7.52. The Bertz CT molecular complexity index is 574. The van der Waals surface area contributed by atoms with Gasteiger partial charge >= 0.3 is 0 Å². The quantitative estimate of drug-likeness (QED) is 0.812. The molecule has 0 spiro atoms. The third kappa shape index (κ3) is 4.58. The lowest BCUT2D eigenvalue weighted by Gasteiger charge is -2.34. The van der Waals surface area contributed by atoms with Crippen molar-refractivity contribution >= 4 is 5.91 Å². The molecule has 1 amide bonds. The molecule has 0 N–H and O–H groups in total. The normalized spacial score (nSPS) is 27.7. The summed E-state index contributed by atoms with van der Waals surface area (Å²) in [6, 6.07) is -0.324. The number of amides is 1. The van der Waals surface area contributed by atoms with Gasteiger partial charge in [-0.15, -0.1) is 10.2 Å². The van der Waals surface area contributed by atoms with Crippen LogP contribution in [0.5, 0.6) is 0 Å². The number of aromatic nitrogens is 2. The van der Waals surface area contributed by atoms with E-state index >= 15 is 0 Å². The van der Waals surface area contributed by atoms with Gasteiger partial charge in [-0.2, -0.15) is 0 Å². The van der Waals surface area contributed by atoms with E-state index in [0.29, 0.717) is 37.5 Å². The third-order valence-corrected chi connectivity index (χ3v) is 5.01. The maximum absolute atomic E-state index is 12.7. The van der Waals surface area contributed by atoms with Gasteiger partial charge in [0.1, 0.15) is 12.6 Å². The number of nitrogens with zero attached hydrogens (tertiary/aromatic N) is 3. The van der Waals surface area contributed by atoms with Crippen LogP contribution < -0.4 is 0 Å². The van der Waals surface area contributed by atoms with Crippen molar-refractivity contribution in [3.05, 3.63) is 11.8 Å². The van der Waals surface area contributed by atoms with Gasteiger partial charge in [-0.1, -0.05) is 33.6 Å². The first-order chi connectivity index (χ1) is 12.0. The Hall–Kier alpha value is -1.47.